The summed E-state index contributed by atoms with van der Waals surface area (Å²) in [4.78, 5) is 14.9. The zero-order chi connectivity index (χ0) is 9.54. The summed E-state index contributed by atoms with van der Waals surface area (Å²) in [7, 11) is 0. The highest BCUT2D eigenvalue weighted by molar-refractivity contribution is 5.94. The van der Waals surface area contributed by atoms with Crippen LogP contribution in [-0.4, -0.2) is 12.1 Å². The van der Waals surface area contributed by atoms with Gasteiger partial charge in [-0.25, -0.2) is 4.99 Å². The van der Waals surface area contributed by atoms with Gasteiger partial charge in [0, 0.05) is 17.2 Å². The lowest BCUT2D eigenvalue weighted by Crippen LogP contribution is -2.19. The monoisotopic (exact) mass is 183 g/mol. The SMILES string of the molecule is O=C1C=Cc2cc3c(cc2=N1)C=NN=3. The van der Waals surface area contributed by atoms with Gasteiger partial charge in [0.25, 0.3) is 5.91 Å². The van der Waals surface area contributed by atoms with Crippen LogP contribution in [-0.2, 0) is 4.79 Å². The molecule has 0 unspecified atom stereocenters. The van der Waals surface area contributed by atoms with Crippen molar-refractivity contribution in [3.8, 4) is 0 Å². The number of carbonyl (C=O) groups is 1. The third-order valence-corrected chi connectivity index (χ3v) is 2.17. The molecule has 1 aromatic carbocycles. The van der Waals surface area contributed by atoms with Crippen LogP contribution in [0.1, 0.15) is 11.1 Å². The van der Waals surface area contributed by atoms with Crippen LogP contribution in [0, 0.1) is 0 Å². The van der Waals surface area contributed by atoms with Crippen LogP contribution in [0.15, 0.2) is 33.4 Å². The van der Waals surface area contributed by atoms with Crippen molar-refractivity contribution in [3.63, 3.8) is 0 Å². The topological polar surface area (TPSA) is 54.1 Å². The number of fused-ring (bicyclic) bond motifs is 2. The van der Waals surface area contributed by atoms with Crippen LogP contribution >= 0.6 is 0 Å². The highest BCUT2D eigenvalue weighted by Gasteiger charge is 2.07. The first-order chi connectivity index (χ1) is 6.83. The van der Waals surface area contributed by atoms with E-state index in [0.29, 0.717) is 5.36 Å². The van der Waals surface area contributed by atoms with Gasteiger partial charge in [0.15, 0.2) is 0 Å². The quantitative estimate of drug-likeness (QED) is 0.550. The molecule has 4 heteroatoms. The zero-order valence-electron chi connectivity index (χ0n) is 7.14. The highest BCUT2D eigenvalue weighted by atomic mass is 16.1. The number of amides is 1. The molecule has 0 aliphatic carbocycles. The van der Waals surface area contributed by atoms with E-state index < -0.39 is 0 Å². The Labute approximate surface area is 79.0 Å². The lowest BCUT2D eigenvalue weighted by Gasteiger charge is -1.99. The van der Waals surface area contributed by atoms with E-state index in [1.807, 2.05) is 12.1 Å². The molecule has 0 radical (unpaired) electrons. The summed E-state index contributed by atoms with van der Waals surface area (Å²) in [5.41, 5.74) is 1.83. The summed E-state index contributed by atoms with van der Waals surface area (Å²) in [6, 6.07) is 3.70. The first kappa shape index (κ1) is 7.32. The summed E-state index contributed by atoms with van der Waals surface area (Å²) in [6.07, 6.45) is 4.86. The number of carbonyl (C=O) groups excluding carboxylic acids is 1. The Hall–Kier alpha value is -2.10. The molecule has 3 rings (SSSR count). The Morgan fingerprint density at radius 3 is 2.79 bits per heavy atom. The van der Waals surface area contributed by atoms with E-state index >= 15 is 0 Å². The van der Waals surface area contributed by atoms with Crippen molar-refractivity contribution in [1.29, 1.82) is 0 Å². The van der Waals surface area contributed by atoms with Gasteiger partial charge in [-0.2, -0.15) is 10.2 Å². The Bertz CT molecular complexity index is 611. The molecule has 1 amide bonds. The summed E-state index contributed by atoms with van der Waals surface area (Å²) in [5.74, 6) is -0.218. The van der Waals surface area contributed by atoms with Crippen molar-refractivity contribution in [2.24, 2.45) is 15.2 Å². The van der Waals surface area contributed by atoms with Gasteiger partial charge in [-0.15, -0.1) is 0 Å². The second-order valence-corrected chi connectivity index (χ2v) is 3.10. The van der Waals surface area contributed by atoms with Crippen LogP contribution in [0.3, 0.4) is 0 Å². The second kappa shape index (κ2) is 2.45. The fourth-order valence-corrected chi connectivity index (χ4v) is 1.50. The van der Waals surface area contributed by atoms with E-state index in [9.17, 15) is 4.79 Å². The van der Waals surface area contributed by atoms with Gasteiger partial charge >= 0.3 is 0 Å². The molecular formula is C10H5N3O. The molecule has 2 aliphatic rings. The normalized spacial score (nSPS) is 15.9. The van der Waals surface area contributed by atoms with E-state index in [1.54, 1.807) is 12.3 Å². The molecule has 2 heterocycles. The van der Waals surface area contributed by atoms with Gasteiger partial charge in [0.1, 0.15) is 0 Å². The number of benzene rings is 1. The van der Waals surface area contributed by atoms with E-state index in [-0.39, 0.29) is 5.91 Å². The molecule has 1 aromatic rings. The van der Waals surface area contributed by atoms with Crippen LogP contribution < -0.4 is 10.7 Å². The molecule has 14 heavy (non-hydrogen) atoms. The fraction of sp³-hybridized carbons (Fsp3) is 0. The lowest BCUT2D eigenvalue weighted by molar-refractivity contribution is -0.113. The molecule has 0 atom stereocenters. The van der Waals surface area contributed by atoms with Crippen LogP contribution in [0.5, 0.6) is 0 Å². The number of hydrogen-bond donors (Lipinski definition) is 0. The van der Waals surface area contributed by atoms with Crippen LogP contribution in [0.2, 0.25) is 0 Å². The van der Waals surface area contributed by atoms with E-state index in [4.69, 9.17) is 0 Å². The zero-order valence-corrected chi connectivity index (χ0v) is 7.14. The van der Waals surface area contributed by atoms with Crippen molar-refractivity contribution >= 4 is 18.2 Å². The molecule has 0 fully saturated rings. The Morgan fingerprint density at radius 2 is 1.86 bits per heavy atom. The van der Waals surface area contributed by atoms with E-state index in [2.05, 4.69) is 15.2 Å². The van der Waals surface area contributed by atoms with Gasteiger partial charge in [-0.3, -0.25) is 4.79 Å². The maximum Gasteiger partial charge on any atom is 0.270 e. The van der Waals surface area contributed by atoms with E-state index in [1.165, 1.54) is 6.08 Å². The van der Waals surface area contributed by atoms with Crippen molar-refractivity contribution in [2.45, 2.75) is 0 Å². The minimum atomic E-state index is -0.218. The molecule has 0 saturated carbocycles. The molecule has 0 saturated heterocycles. The van der Waals surface area contributed by atoms with Crippen molar-refractivity contribution in [2.75, 3.05) is 0 Å². The first-order valence-electron chi connectivity index (χ1n) is 4.19. The number of nitrogens with zero attached hydrogens (tertiary/aromatic N) is 3. The molecule has 2 aliphatic heterocycles. The Kier molecular flexibility index (Phi) is 1.28. The predicted octanol–water partition coefficient (Wildman–Crippen LogP) is -0.173. The summed E-state index contributed by atoms with van der Waals surface area (Å²) in [5, 5.41) is 9.25. The summed E-state index contributed by atoms with van der Waals surface area (Å²) >= 11 is 0. The maximum absolute atomic E-state index is 11.0. The van der Waals surface area contributed by atoms with Crippen molar-refractivity contribution in [3.05, 3.63) is 40.1 Å². The van der Waals surface area contributed by atoms with E-state index in [0.717, 1.165) is 16.5 Å². The average Bonchev–Trinajstić information content (AvgIpc) is 2.61. The third-order valence-electron chi connectivity index (χ3n) is 2.17. The first-order valence-corrected chi connectivity index (χ1v) is 4.19. The molecular weight excluding hydrogens is 178 g/mol. The van der Waals surface area contributed by atoms with Crippen molar-refractivity contribution in [1.82, 2.24) is 0 Å². The number of rotatable bonds is 0. The van der Waals surface area contributed by atoms with Crippen LogP contribution in [0.25, 0.3) is 6.08 Å². The largest absolute Gasteiger partial charge is 0.270 e. The van der Waals surface area contributed by atoms with Gasteiger partial charge in [0.05, 0.1) is 16.9 Å². The highest BCUT2D eigenvalue weighted by Crippen LogP contribution is 2.01. The molecule has 66 valence electrons. The summed E-state index contributed by atoms with van der Waals surface area (Å²) in [6.45, 7) is 0. The molecule has 0 spiro atoms. The maximum atomic E-state index is 11.0. The number of hydrogen-bond acceptors (Lipinski definition) is 3. The molecule has 4 nitrogen and oxygen atoms in total. The minimum Gasteiger partial charge on any atom is -0.267 e. The van der Waals surface area contributed by atoms with Gasteiger partial charge < -0.3 is 0 Å². The lowest BCUT2D eigenvalue weighted by atomic mass is 10.1. The van der Waals surface area contributed by atoms with Crippen LogP contribution in [0.4, 0.5) is 0 Å². The van der Waals surface area contributed by atoms with Crippen molar-refractivity contribution < 1.29 is 4.79 Å². The summed E-state index contributed by atoms with van der Waals surface area (Å²) < 4.78 is 0. The fourth-order valence-electron chi connectivity index (χ4n) is 1.50. The van der Waals surface area contributed by atoms with Gasteiger partial charge in [0.2, 0.25) is 0 Å². The second-order valence-electron chi connectivity index (χ2n) is 3.10. The Balaban J connectivity index is 2.42. The molecule has 0 bridgehead atoms. The molecule has 0 aromatic heterocycles. The predicted molar refractivity (Wildman–Crippen MR) is 50.4 cm³/mol. The Morgan fingerprint density at radius 1 is 1.00 bits per heavy atom. The standard InChI is InChI=1S/C10H5N3O/c14-10-2-1-6-3-9-7(5-11-13-9)4-8(6)12-10/h1-5H. The third kappa shape index (κ3) is 0.939. The smallest absolute Gasteiger partial charge is 0.267 e. The van der Waals surface area contributed by atoms with Gasteiger partial charge in [-0.05, 0) is 18.2 Å². The average molecular weight is 183 g/mol. The minimum absolute atomic E-state index is 0.218. The van der Waals surface area contributed by atoms with Gasteiger partial charge in [-0.1, -0.05) is 0 Å². The molecule has 0 N–H and O–H groups in total.